The molecule has 0 spiro atoms. The highest BCUT2D eigenvalue weighted by Crippen LogP contribution is 1.88. The number of ether oxygens (including phenoxy) is 2. The molecule has 1 atom stereocenters. The zero-order valence-corrected chi connectivity index (χ0v) is 5.55. The molecule has 0 aliphatic carbocycles. The normalized spacial score (nSPS) is 14.4. The van der Waals surface area contributed by atoms with E-state index in [9.17, 15) is 0 Å². The lowest BCUT2D eigenvalue weighted by Crippen LogP contribution is -1.98. The molecule has 0 aliphatic heterocycles. The van der Waals surface area contributed by atoms with Crippen molar-refractivity contribution in [2.45, 2.75) is 13.0 Å². The summed E-state index contributed by atoms with van der Waals surface area (Å²) in [5.41, 5.74) is 0. The summed E-state index contributed by atoms with van der Waals surface area (Å²) in [6, 6.07) is 0. The highest BCUT2D eigenvalue weighted by Gasteiger charge is 1.87. The highest BCUT2D eigenvalue weighted by molar-refractivity contribution is 4.79. The molecule has 2 nitrogen and oxygen atoms in total. The summed E-state index contributed by atoms with van der Waals surface area (Å²) in [7, 11) is 3.27. The Bertz CT molecular complexity index is 68.9. The molecule has 0 fully saturated rings. The van der Waals surface area contributed by atoms with E-state index in [4.69, 9.17) is 4.74 Å². The van der Waals surface area contributed by atoms with Crippen LogP contribution in [0, 0.1) is 0 Å². The van der Waals surface area contributed by atoms with Crippen molar-refractivity contribution < 1.29 is 9.47 Å². The minimum absolute atomic E-state index is 0.148. The van der Waals surface area contributed by atoms with Gasteiger partial charge in [-0.3, -0.25) is 0 Å². The Kier molecular flexibility index (Phi) is 4.36. The van der Waals surface area contributed by atoms with Gasteiger partial charge in [0, 0.05) is 7.11 Å². The highest BCUT2D eigenvalue weighted by atomic mass is 16.5. The van der Waals surface area contributed by atoms with Crippen molar-refractivity contribution in [3.63, 3.8) is 0 Å². The van der Waals surface area contributed by atoms with Gasteiger partial charge >= 0.3 is 0 Å². The summed E-state index contributed by atoms with van der Waals surface area (Å²) in [5.74, 6) is 0. The second kappa shape index (κ2) is 4.65. The maximum absolute atomic E-state index is 4.89. The van der Waals surface area contributed by atoms with E-state index in [1.54, 1.807) is 20.5 Å². The topological polar surface area (TPSA) is 18.5 Å². The molecule has 0 saturated heterocycles. The molecule has 0 N–H and O–H groups in total. The standard InChI is InChI=1S/C6H12O2/c1-6(8-3)4-5-7-2/h4-6H,1-3H3. The SMILES string of the molecule is COC=CC(C)OC. The smallest absolute Gasteiger partial charge is 0.0810 e. The summed E-state index contributed by atoms with van der Waals surface area (Å²) < 4.78 is 9.54. The van der Waals surface area contributed by atoms with Crippen molar-refractivity contribution in [2.24, 2.45) is 0 Å². The summed E-state index contributed by atoms with van der Waals surface area (Å²) in [6.45, 7) is 1.94. The van der Waals surface area contributed by atoms with Gasteiger partial charge in [-0.1, -0.05) is 0 Å². The first kappa shape index (κ1) is 7.50. The molecule has 48 valence electrons. The minimum Gasteiger partial charge on any atom is -0.505 e. The van der Waals surface area contributed by atoms with E-state index >= 15 is 0 Å². The van der Waals surface area contributed by atoms with Crippen LogP contribution < -0.4 is 0 Å². The van der Waals surface area contributed by atoms with Crippen LogP contribution in [0.15, 0.2) is 12.3 Å². The fraction of sp³-hybridized carbons (Fsp3) is 0.667. The van der Waals surface area contributed by atoms with Gasteiger partial charge in [-0.2, -0.15) is 0 Å². The number of hydrogen-bond acceptors (Lipinski definition) is 2. The van der Waals surface area contributed by atoms with Crippen LogP contribution in [-0.4, -0.2) is 20.3 Å². The minimum atomic E-state index is 0.148. The summed E-state index contributed by atoms with van der Waals surface area (Å²) in [5, 5.41) is 0. The Morgan fingerprint density at radius 3 is 2.38 bits per heavy atom. The second-order valence-corrected chi connectivity index (χ2v) is 1.51. The maximum atomic E-state index is 4.89. The molecule has 0 aromatic carbocycles. The Labute approximate surface area is 50.1 Å². The Balaban J connectivity index is 3.21. The van der Waals surface area contributed by atoms with Gasteiger partial charge in [0.2, 0.25) is 0 Å². The molecule has 1 unspecified atom stereocenters. The van der Waals surface area contributed by atoms with Crippen LogP contribution in [0.5, 0.6) is 0 Å². The predicted molar refractivity (Wildman–Crippen MR) is 32.6 cm³/mol. The van der Waals surface area contributed by atoms with Crippen LogP contribution in [0.4, 0.5) is 0 Å². The Hall–Kier alpha value is -0.500. The first-order valence-electron chi connectivity index (χ1n) is 2.53. The summed E-state index contributed by atoms with van der Waals surface area (Å²) >= 11 is 0. The molecule has 0 radical (unpaired) electrons. The number of rotatable bonds is 3. The van der Waals surface area contributed by atoms with Gasteiger partial charge in [-0.05, 0) is 13.0 Å². The average molecular weight is 116 g/mol. The van der Waals surface area contributed by atoms with Crippen molar-refractivity contribution in [3.05, 3.63) is 12.3 Å². The molecule has 0 rings (SSSR count). The van der Waals surface area contributed by atoms with Gasteiger partial charge in [0.05, 0.1) is 19.5 Å². The lowest BCUT2D eigenvalue weighted by Gasteiger charge is -1.99. The third-order valence-corrected chi connectivity index (χ3v) is 0.857. The van der Waals surface area contributed by atoms with Crippen LogP contribution in [0.1, 0.15) is 6.92 Å². The van der Waals surface area contributed by atoms with Crippen LogP contribution in [0.3, 0.4) is 0 Å². The molecular weight excluding hydrogens is 104 g/mol. The van der Waals surface area contributed by atoms with Crippen molar-refractivity contribution >= 4 is 0 Å². The van der Waals surface area contributed by atoms with Crippen LogP contribution >= 0.6 is 0 Å². The molecular formula is C6H12O2. The van der Waals surface area contributed by atoms with Gasteiger partial charge in [0.15, 0.2) is 0 Å². The summed E-state index contributed by atoms with van der Waals surface area (Å²) in [4.78, 5) is 0. The van der Waals surface area contributed by atoms with Crippen molar-refractivity contribution in [1.82, 2.24) is 0 Å². The third-order valence-electron chi connectivity index (χ3n) is 0.857. The van der Waals surface area contributed by atoms with Crippen LogP contribution in [-0.2, 0) is 9.47 Å². The molecule has 0 aromatic heterocycles. The monoisotopic (exact) mass is 116 g/mol. The Morgan fingerprint density at radius 1 is 1.38 bits per heavy atom. The lowest BCUT2D eigenvalue weighted by molar-refractivity contribution is 0.153. The second-order valence-electron chi connectivity index (χ2n) is 1.51. The van der Waals surface area contributed by atoms with Crippen LogP contribution in [0.2, 0.25) is 0 Å². The molecule has 0 aliphatic rings. The fourth-order valence-electron chi connectivity index (χ4n) is 0.268. The van der Waals surface area contributed by atoms with E-state index < -0.39 is 0 Å². The van der Waals surface area contributed by atoms with E-state index in [2.05, 4.69) is 4.74 Å². The largest absolute Gasteiger partial charge is 0.505 e. The van der Waals surface area contributed by atoms with Gasteiger partial charge in [-0.15, -0.1) is 0 Å². The number of methoxy groups -OCH3 is 2. The number of hydrogen-bond donors (Lipinski definition) is 0. The van der Waals surface area contributed by atoms with Crippen molar-refractivity contribution in [2.75, 3.05) is 14.2 Å². The zero-order valence-electron chi connectivity index (χ0n) is 5.55. The first-order chi connectivity index (χ1) is 3.81. The molecule has 0 saturated carbocycles. The van der Waals surface area contributed by atoms with Crippen molar-refractivity contribution in [1.29, 1.82) is 0 Å². The van der Waals surface area contributed by atoms with Crippen LogP contribution in [0.25, 0.3) is 0 Å². The lowest BCUT2D eigenvalue weighted by atomic mass is 10.4. The van der Waals surface area contributed by atoms with E-state index in [0.717, 1.165) is 0 Å². The van der Waals surface area contributed by atoms with E-state index in [0.29, 0.717) is 0 Å². The fourth-order valence-corrected chi connectivity index (χ4v) is 0.268. The summed E-state index contributed by atoms with van der Waals surface area (Å²) in [6.07, 6.45) is 3.59. The zero-order chi connectivity index (χ0) is 6.41. The van der Waals surface area contributed by atoms with E-state index in [1.807, 2.05) is 13.0 Å². The maximum Gasteiger partial charge on any atom is 0.0810 e. The molecule has 0 heterocycles. The van der Waals surface area contributed by atoms with E-state index in [1.165, 1.54) is 0 Å². The van der Waals surface area contributed by atoms with Crippen molar-refractivity contribution in [3.8, 4) is 0 Å². The third kappa shape index (κ3) is 3.68. The first-order valence-corrected chi connectivity index (χ1v) is 2.53. The predicted octanol–water partition coefficient (Wildman–Crippen LogP) is 1.18. The molecule has 2 heteroatoms. The molecule has 0 aromatic rings. The van der Waals surface area contributed by atoms with Gasteiger partial charge in [0.25, 0.3) is 0 Å². The van der Waals surface area contributed by atoms with Gasteiger partial charge in [0.1, 0.15) is 0 Å². The average Bonchev–Trinajstić information content (AvgIpc) is 1.83. The molecule has 8 heavy (non-hydrogen) atoms. The van der Waals surface area contributed by atoms with Gasteiger partial charge < -0.3 is 9.47 Å². The van der Waals surface area contributed by atoms with E-state index in [-0.39, 0.29) is 6.10 Å². The molecule has 0 amide bonds. The quantitative estimate of drug-likeness (QED) is 0.515. The van der Waals surface area contributed by atoms with Gasteiger partial charge in [-0.25, -0.2) is 0 Å². The Morgan fingerprint density at radius 2 is 2.00 bits per heavy atom. The molecule has 0 bridgehead atoms.